The average molecular weight is 474 g/mol. The predicted molar refractivity (Wildman–Crippen MR) is 134 cm³/mol. The maximum Gasteiger partial charge on any atom is 0.283 e. The number of rotatable bonds is 7. The standard InChI is InChI=1S/C27H24ClN3O3/c1-17(2)19-10-14-22(15-11-19)31-26(33)23(28)24(27(31)34)30-21-12-8-20(9-13-21)25(32)29-16-18-6-4-3-5-7-18/h3-15,17,30H,16H2,1-2H3,(H,29,32). The Morgan fingerprint density at radius 1 is 0.882 bits per heavy atom. The number of nitrogens with one attached hydrogen (secondary N) is 2. The molecule has 172 valence electrons. The minimum Gasteiger partial charge on any atom is -0.350 e. The van der Waals surface area contributed by atoms with E-state index in [2.05, 4.69) is 24.5 Å². The fourth-order valence-corrected chi connectivity index (χ4v) is 3.80. The largest absolute Gasteiger partial charge is 0.350 e. The van der Waals surface area contributed by atoms with Gasteiger partial charge in [-0.15, -0.1) is 0 Å². The Hall–Kier alpha value is -3.90. The molecule has 0 fully saturated rings. The van der Waals surface area contributed by atoms with Gasteiger partial charge in [-0.3, -0.25) is 14.4 Å². The van der Waals surface area contributed by atoms with Crippen molar-refractivity contribution in [1.82, 2.24) is 5.32 Å². The van der Waals surface area contributed by atoms with E-state index in [9.17, 15) is 14.4 Å². The van der Waals surface area contributed by atoms with Crippen molar-refractivity contribution in [3.05, 3.63) is 106 Å². The molecular weight excluding hydrogens is 450 g/mol. The maximum absolute atomic E-state index is 13.0. The second-order valence-electron chi connectivity index (χ2n) is 8.25. The zero-order chi connectivity index (χ0) is 24.2. The van der Waals surface area contributed by atoms with Crippen molar-refractivity contribution >= 4 is 40.7 Å². The number of hydrogen-bond acceptors (Lipinski definition) is 4. The lowest BCUT2D eigenvalue weighted by atomic mass is 10.0. The van der Waals surface area contributed by atoms with Crippen LogP contribution in [0.1, 0.15) is 41.3 Å². The molecule has 6 nitrogen and oxygen atoms in total. The summed E-state index contributed by atoms with van der Waals surface area (Å²) in [4.78, 5) is 39.1. The molecule has 1 aliphatic heterocycles. The number of amides is 3. The lowest BCUT2D eigenvalue weighted by molar-refractivity contribution is -0.120. The molecule has 4 rings (SSSR count). The smallest absolute Gasteiger partial charge is 0.283 e. The Labute approximate surface area is 203 Å². The minimum absolute atomic E-state index is 0.000817. The molecule has 0 unspecified atom stereocenters. The molecule has 3 aromatic carbocycles. The van der Waals surface area contributed by atoms with Crippen LogP contribution in [0.15, 0.2) is 89.6 Å². The van der Waals surface area contributed by atoms with E-state index in [4.69, 9.17) is 11.6 Å². The zero-order valence-corrected chi connectivity index (χ0v) is 19.6. The number of imide groups is 1. The third kappa shape index (κ3) is 4.87. The minimum atomic E-state index is -0.580. The number of carbonyl (C=O) groups excluding carboxylic acids is 3. The Kier molecular flexibility index (Phi) is 6.80. The van der Waals surface area contributed by atoms with Gasteiger partial charge in [0.1, 0.15) is 10.7 Å². The van der Waals surface area contributed by atoms with Gasteiger partial charge >= 0.3 is 0 Å². The summed E-state index contributed by atoms with van der Waals surface area (Å²) in [6.07, 6.45) is 0. The van der Waals surface area contributed by atoms with Gasteiger partial charge in [-0.2, -0.15) is 0 Å². The molecule has 0 aliphatic carbocycles. The van der Waals surface area contributed by atoms with Crippen LogP contribution in [0.25, 0.3) is 0 Å². The summed E-state index contributed by atoms with van der Waals surface area (Å²) in [5.41, 5.74) is 3.57. The van der Waals surface area contributed by atoms with E-state index < -0.39 is 11.8 Å². The van der Waals surface area contributed by atoms with Gasteiger partial charge in [-0.1, -0.05) is 67.9 Å². The maximum atomic E-state index is 13.0. The fourth-order valence-electron chi connectivity index (χ4n) is 3.58. The van der Waals surface area contributed by atoms with Crippen molar-refractivity contribution in [3.63, 3.8) is 0 Å². The summed E-state index contributed by atoms with van der Waals surface area (Å²) >= 11 is 6.22. The molecule has 7 heteroatoms. The predicted octanol–water partition coefficient (Wildman–Crippen LogP) is 5.18. The molecule has 0 saturated carbocycles. The van der Waals surface area contributed by atoms with E-state index in [0.717, 1.165) is 16.0 Å². The fraction of sp³-hybridized carbons (Fsp3) is 0.148. The molecule has 3 amide bonds. The first-order chi connectivity index (χ1) is 16.3. The zero-order valence-electron chi connectivity index (χ0n) is 18.8. The van der Waals surface area contributed by atoms with Crippen molar-refractivity contribution in [2.45, 2.75) is 26.3 Å². The van der Waals surface area contributed by atoms with Crippen LogP contribution in [0, 0.1) is 0 Å². The Bertz CT molecular complexity index is 1250. The van der Waals surface area contributed by atoms with Gasteiger partial charge in [0, 0.05) is 17.8 Å². The summed E-state index contributed by atoms with van der Waals surface area (Å²) < 4.78 is 0. The number of benzene rings is 3. The Morgan fingerprint density at radius 3 is 2.15 bits per heavy atom. The summed E-state index contributed by atoms with van der Waals surface area (Å²) in [7, 11) is 0. The molecule has 0 spiro atoms. The number of halogens is 1. The second kappa shape index (κ2) is 9.93. The van der Waals surface area contributed by atoms with Crippen LogP contribution in [0.3, 0.4) is 0 Å². The highest BCUT2D eigenvalue weighted by Crippen LogP contribution is 2.31. The summed E-state index contributed by atoms with van der Waals surface area (Å²) in [5, 5.41) is 5.62. The molecule has 0 aromatic heterocycles. The molecule has 0 atom stereocenters. The summed E-state index contributed by atoms with van der Waals surface area (Å²) in [6, 6.07) is 23.5. The van der Waals surface area contributed by atoms with Crippen LogP contribution >= 0.6 is 11.6 Å². The first-order valence-electron chi connectivity index (χ1n) is 10.9. The van der Waals surface area contributed by atoms with Gasteiger partial charge in [0.25, 0.3) is 17.7 Å². The number of carbonyl (C=O) groups is 3. The normalized spacial score (nSPS) is 13.6. The van der Waals surface area contributed by atoms with Crippen LogP contribution in [0.5, 0.6) is 0 Å². The highest BCUT2D eigenvalue weighted by atomic mass is 35.5. The van der Waals surface area contributed by atoms with Crippen molar-refractivity contribution in [3.8, 4) is 0 Å². The number of nitrogens with zero attached hydrogens (tertiary/aromatic N) is 1. The van der Waals surface area contributed by atoms with E-state index in [-0.39, 0.29) is 16.6 Å². The number of anilines is 2. The second-order valence-corrected chi connectivity index (χ2v) is 8.63. The van der Waals surface area contributed by atoms with Crippen molar-refractivity contribution < 1.29 is 14.4 Å². The van der Waals surface area contributed by atoms with E-state index in [0.29, 0.717) is 29.4 Å². The van der Waals surface area contributed by atoms with Crippen LogP contribution in [-0.2, 0) is 16.1 Å². The molecular formula is C27H24ClN3O3. The average Bonchev–Trinajstić information content (AvgIpc) is 3.06. The van der Waals surface area contributed by atoms with Gasteiger partial charge in [-0.05, 0) is 53.4 Å². The monoisotopic (exact) mass is 473 g/mol. The molecule has 3 aromatic rings. The molecule has 0 saturated heterocycles. The summed E-state index contributed by atoms with van der Waals surface area (Å²) in [6.45, 7) is 4.56. The SMILES string of the molecule is CC(C)c1ccc(N2C(=O)C(Cl)=C(Nc3ccc(C(=O)NCc4ccccc4)cc3)C2=O)cc1. The van der Waals surface area contributed by atoms with Crippen LogP contribution in [0.2, 0.25) is 0 Å². The van der Waals surface area contributed by atoms with Crippen molar-refractivity contribution in [2.24, 2.45) is 0 Å². The van der Waals surface area contributed by atoms with Crippen LogP contribution in [0.4, 0.5) is 11.4 Å². The van der Waals surface area contributed by atoms with Gasteiger partial charge in [-0.25, -0.2) is 4.90 Å². The third-order valence-electron chi connectivity index (χ3n) is 5.56. The highest BCUT2D eigenvalue weighted by molar-refractivity contribution is 6.53. The lowest BCUT2D eigenvalue weighted by Gasteiger charge is -2.16. The molecule has 2 N–H and O–H groups in total. The van der Waals surface area contributed by atoms with E-state index >= 15 is 0 Å². The van der Waals surface area contributed by atoms with Gasteiger partial charge < -0.3 is 10.6 Å². The van der Waals surface area contributed by atoms with E-state index in [1.165, 1.54) is 0 Å². The van der Waals surface area contributed by atoms with Gasteiger partial charge in [0.05, 0.1) is 5.69 Å². The van der Waals surface area contributed by atoms with Crippen LogP contribution in [-0.4, -0.2) is 17.7 Å². The lowest BCUT2D eigenvalue weighted by Crippen LogP contribution is -2.32. The first kappa shape index (κ1) is 23.3. The van der Waals surface area contributed by atoms with Crippen molar-refractivity contribution in [1.29, 1.82) is 0 Å². The highest BCUT2D eigenvalue weighted by Gasteiger charge is 2.38. The van der Waals surface area contributed by atoms with Crippen molar-refractivity contribution in [2.75, 3.05) is 10.2 Å². The Balaban J connectivity index is 1.43. The van der Waals surface area contributed by atoms with Gasteiger partial charge in [0.2, 0.25) is 0 Å². The number of hydrogen-bond donors (Lipinski definition) is 2. The molecule has 1 aliphatic rings. The van der Waals surface area contributed by atoms with Crippen LogP contribution < -0.4 is 15.5 Å². The molecule has 0 bridgehead atoms. The molecule has 34 heavy (non-hydrogen) atoms. The molecule has 1 heterocycles. The van der Waals surface area contributed by atoms with E-state index in [1.54, 1.807) is 36.4 Å². The van der Waals surface area contributed by atoms with Gasteiger partial charge in [0.15, 0.2) is 0 Å². The Morgan fingerprint density at radius 2 is 1.53 bits per heavy atom. The topological polar surface area (TPSA) is 78.5 Å². The quantitative estimate of drug-likeness (QED) is 0.464. The van der Waals surface area contributed by atoms with E-state index in [1.807, 2.05) is 42.5 Å². The summed E-state index contributed by atoms with van der Waals surface area (Å²) in [5.74, 6) is -0.988. The first-order valence-corrected chi connectivity index (χ1v) is 11.3. The third-order valence-corrected chi connectivity index (χ3v) is 5.91. The molecule has 0 radical (unpaired) electrons.